The number of pyridine rings is 1. The van der Waals surface area contributed by atoms with E-state index >= 15 is 0 Å². The Kier molecular flexibility index (Phi) is 4.46. The number of nitrogens with zero attached hydrogens (tertiary/aromatic N) is 2. The van der Waals surface area contributed by atoms with Crippen LogP contribution in [0.4, 0.5) is 5.69 Å². The van der Waals surface area contributed by atoms with E-state index in [-0.39, 0.29) is 30.0 Å². The van der Waals surface area contributed by atoms with Gasteiger partial charge in [0.1, 0.15) is 5.75 Å². The summed E-state index contributed by atoms with van der Waals surface area (Å²) in [6.45, 7) is 2.47. The number of fused-ring (bicyclic) bond motifs is 1. The first-order chi connectivity index (χ1) is 11.6. The Balaban J connectivity index is 1.73. The number of carbonyl (C=O) groups excluding carboxylic acids is 2. The number of phenols is 1. The average molecular weight is 325 g/mol. The maximum absolute atomic E-state index is 12.5. The number of carbonyl (C=O) groups is 2. The Bertz CT molecular complexity index is 761. The van der Waals surface area contributed by atoms with Crippen LogP contribution in [0.2, 0.25) is 0 Å². The molecule has 0 fully saturated rings. The third-order valence-electron chi connectivity index (χ3n) is 4.26. The molecule has 1 aromatic heterocycles. The van der Waals surface area contributed by atoms with Crippen molar-refractivity contribution in [3.05, 3.63) is 53.9 Å². The predicted molar refractivity (Wildman–Crippen MR) is 90.1 cm³/mol. The van der Waals surface area contributed by atoms with Gasteiger partial charge >= 0.3 is 0 Å². The lowest BCUT2D eigenvalue weighted by Gasteiger charge is -2.33. The largest absolute Gasteiger partial charge is 0.506 e. The molecule has 2 aromatic rings. The van der Waals surface area contributed by atoms with Gasteiger partial charge in [-0.3, -0.25) is 14.6 Å². The summed E-state index contributed by atoms with van der Waals surface area (Å²) in [5, 5.41) is 12.8. The van der Waals surface area contributed by atoms with Crippen molar-refractivity contribution in [1.82, 2.24) is 10.3 Å². The van der Waals surface area contributed by atoms with Crippen LogP contribution in [-0.2, 0) is 4.79 Å². The minimum Gasteiger partial charge on any atom is -0.506 e. The molecule has 24 heavy (non-hydrogen) atoms. The monoisotopic (exact) mass is 325 g/mol. The van der Waals surface area contributed by atoms with E-state index < -0.39 is 0 Å². The van der Waals surface area contributed by atoms with Gasteiger partial charge in [-0.15, -0.1) is 0 Å². The number of aromatic nitrogens is 1. The van der Waals surface area contributed by atoms with E-state index in [1.54, 1.807) is 35.4 Å². The van der Waals surface area contributed by atoms with E-state index in [1.807, 2.05) is 6.07 Å². The van der Waals surface area contributed by atoms with Gasteiger partial charge in [-0.25, -0.2) is 0 Å². The first-order valence-electron chi connectivity index (χ1n) is 7.88. The van der Waals surface area contributed by atoms with Crippen LogP contribution in [0.1, 0.15) is 35.2 Å². The van der Waals surface area contributed by atoms with Crippen LogP contribution in [0.25, 0.3) is 0 Å². The Hall–Kier alpha value is -2.89. The number of anilines is 1. The van der Waals surface area contributed by atoms with Crippen LogP contribution in [0.3, 0.4) is 0 Å². The number of nitrogens with one attached hydrogen (secondary N) is 1. The van der Waals surface area contributed by atoms with Gasteiger partial charge in [0, 0.05) is 18.9 Å². The maximum atomic E-state index is 12.5. The first kappa shape index (κ1) is 16.0. The van der Waals surface area contributed by atoms with Gasteiger partial charge in [0.25, 0.3) is 5.91 Å². The van der Waals surface area contributed by atoms with Gasteiger partial charge < -0.3 is 15.3 Å². The Labute approximate surface area is 140 Å². The van der Waals surface area contributed by atoms with Gasteiger partial charge in [-0.2, -0.15) is 0 Å². The zero-order chi connectivity index (χ0) is 17.1. The second-order valence-corrected chi connectivity index (χ2v) is 5.87. The number of hydrogen-bond donors (Lipinski definition) is 2. The summed E-state index contributed by atoms with van der Waals surface area (Å²) in [4.78, 5) is 30.0. The van der Waals surface area contributed by atoms with Crippen molar-refractivity contribution >= 4 is 17.5 Å². The third kappa shape index (κ3) is 3.08. The molecule has 1 aliphatic heterocycles. The molecule has 0 saturated heterocycles. The quantitative estimate of drug-likeness (QED) is 0.905. The number of aromatic hydroxyl groups is 1. The zero-order valence-electron chi connectivity index (χ0n) is 13.4. The van der Waals surface area contributed by atoms with Gasteiger partial charge in [0.05, 0.1) is 17.8 Å². The minimum atomic E-state index is -0.348. The molecule has 0 unspecified atom stereocenters. The van der Waals surface area contributed by atoms with Crippen molar-refractivity contribution in [2.45, 2.75) is 19.3 Å². The fourth-order valence-electron chi connectivity index (χ4n) is 2.93. The number of phenolic OH excluding ortho intramolecular Hbond substituents is 1. The molecular weight excluding hydrogens is 306 g/mol. The normalized spacial score (nSPS) is 16.4. The summed E-state index contributed by atoms with van der Waals surface area (Å²) in [6.07, 6.45) is 3.85. The van der Waals surface area contributed by atoms with Crippen molar-refractivity contribution in [1.29, 1.82) is 0 Å². The van der Waals surface area contributed by atoms with Crippen LogP contribution in [-0.4, -0.2) is 35.0 Å². The van der Waals surface area contributed by atoms with E-state index in [0.29, 0.717) is 17.8 Å². The van der Waals surface area contributed by atoms with E-state index in [0.717, 1.165) is 12.0 Å². The summed E-state index contributed by atoms with van der Waals surface area (Å²) in [6, 6.07) is 8.58. The number of rotatable bonds is 3. The predicted octanol–water partition coefficient (Wildman–Crippen LogP) is 2.06. The number of benzene rings is 1. The summed E-state index contributed by atoms with van der Waals surface area (Å²) in [7, 11) is 0. The van der Waals surface area contributed by atoms with Crippen molar-refractivity contribution in [3.8, 4) is 5.75 Å². The Morgan fingerprint density at radius 1 is 1.33 bits per heavy atom. The fraction of sp³-hybridized carbons (Fsp3) is 0.278. The molecular formula is C18H19N3O3. The molecule has 6 heteroatoms. The SMILES string of the molecule is C[C@H]1CCN(C(=O)CNC(=O)c2cccnc2)c2c(O)cccc21. The Morgan fingerprint density at radius 3 is 2.92 bits per heavy atom. The Morgan fingerprint density at radius 2 is 2.17 bits per heavy atom. The molecule has 1 aliphatic rings. The lowest BCUT2D eigenvalue weighted by Crippen LogP contribution is -2.43. The number of hydrogen-bond acceptors (Lipinski definition) is 4. The molecule has 3 rings (SSSR count). The standard InChI is InChI=1S/C18H19N3O3/c1-12-7-9-21(17-14(12)5-2-6-15(17)22)16(23)11-20-18(24)13-4-3-8-19-10-13/h2-6,8,10,12,22H,7,9,11H2,1H3,(H,20,24)/t12-/m0/s1. The van der Waals surface area contributed by atoms with E-state index in [1.165, 1.54) is 6.20 Å². The molecule has 0 saturated carbocycles. The second-order valence-electron chi connectivity index (χ2n) is 5.87. The average Bonchev–Trinajstić information content (AvgIpc) is 2.61. The third-order valence-corrected chi connectivity index (χ3v) is 4.26. The fourth-order valence-corrected chi connectivity index (χ4v) is 2.93. The maximum Gasteiger partial charge on any atom is 0.253 e. The van der Waals surface area contributed by atoms with Gasteiger partial charge in [-0.05, 0) is 36.1 Å². The van der Waals surface area contributed by atoms with Gasteiger partial charge in [0.15, 0.2) is 0 Å². The van der Waals surface area contributed by atoms with Gasteiger partial charge in [0.2, 0.25) is 5.91 Å². The minimum absolute atomic E-state index is 0.0889. The van der Waals surface area contributed by atoms with Crippen molar-refractivity contribution in [2.75, 3.05) is 18.0 Å². The molecule has 0 aliphatic carbocycles. The van der Waals surface area contributed by atoms with Crippen molar-refractivity contribution < 1.29 is 14.7 Å². The smallest absolute Gasteiger partial charge is 0.253 e. The summed E-state index contributed by atoms with van der Waals surface area (Å²) in [5.41, 5.74) is 1.91. The molecule has 0 bridgehead atoms. The van der Waals surface area contributed by atoms with Crippen LogP contribution >= 0.6 is 0 Å². The topological polar surface area (TPSA) is 82.5 Å². The van der Waals surface area contributed by atoms with Crippen LogP contribution < -0.4 is 10.2 Å². The number of amides is 2. The highest BCUT2D eigenvalue weighted by Crippen LogP contribution is 2.40. The zero-order valence-corrected chi connectivity index (χ0v) is 13.4. The van der Waals surface area contributed by atoms with Crippen LogP contribution in [0.15, 0.2) is 42.7 Å². The first-order valence-corrected chi connectivity index (χ1v) is 7.88. The lowest BCUT2D eigenvalue weighted by molar-refractivity contribution is -0.117. The molecule has 0 radical (unpaired) electrons. The van der Waals surface area contributed by atoms with E-state index in [9.17, 15) is 14.7 Å². The molecule has 2 heterocycles. The molecule has 2 amide bonds. The van der Waals surface area contributed by atoms with E-state index in [2.05, 4.69) is 17.2 Å². The highest BCUT2D eigenvalue weighted by molar-refractivity contribution is 6.01. The summed E-state index contributed by atoms with van der Waals surface area (Å²) >= 11 is 0. The molecule has 2 N–H and O–H groups in total. The summed E-state index contributed by atoms with van der Waals surface area (Å²) < 4.78 is 0. The van der Waals surface area contributed by atoms with E-state index in [4.69, 9.17) is 0 Å². The highest BCUT2D eigenvalue weighted by atomic mass is 16.3. The van der Waals surface area contributed by atoms with Crippen molar-refractivity contribution in [3.63, 3.8) is 0 Å². The number of para-hydroxylation sites is 1. The lowest BCUT2D eigenvalue weighted by atomic mass is 9.91. The molecule has 124 valence electrons. The molecule has 1 aromatic carbocycles. The molecule has 6 nitrogen and oxygen atoms in total. The van der Waals surface area contributed by atoms with Crippen LogP contribution in [0, 0.1) is 0 Å². The van der Waals surface area contributed by atoms with Crippen LogP contribution in [0.5, 0.6) is 5.75 Å². The molecule has 0 spiro atoms. The second kappa shape index (κ2) is 6.70. The van der Waals surface area contributed by atoms with Crippen molar-refractivity contribution in [2.24, 2.45) is 0 Å². The molecule has 1 atom stereocenters. The highest BCUT2D eigenvalue weighted by Gasteiger charge is 2.28. The summed E-state index contributed by atoms with van der Waals surface area (Å²) in [5.74, 6) is -0.228. The van der Waals surface area contributed by atoms with Gasteiger partial charge in [-0.1, -0.05) is 19.1 Å².